The summed E-state index contributed by atoms with van der Waals surface area (Å²) >= 11 is 0. The van der Waals surface area contributed by atoms with E-state index in [-0.39, 0.29) is 17.1 Å². The van der Waals surface area contributed by atoms with Crippen molar-refractivity contribution in [1.82, 2.24) is 4.31 Å². The van der Waals surface area contributed by atoms with Gasteiger partial charge in [0.25, 0.3) is 5.69 Å². The molecule has 1 aromatic carbocycles. The Labute approximate surface area is 116 Å². The second kappa shape index (κ2) is 5.73. The Balaban J connectivity index is 2.38. The van der Waals surface area contributed by atoms with Gasteiger partial charge in [0.1, 0.15) is 5.69 Å². The highest BCUT2D eigenvalue weighted by Crippen LogP contribution is 2.26. The maximum atomic E-state index is 12.4. The number of nitrogen functional groups attached to an aromatic ring is 1. The number of ether oxygens (including phenoxy) is 1. The number of rotatable bonds is 3. The number of nitro benzene ring substituents is 1. The Morgan fingerprint density at radius 2 is 2.05 bits per heavy atom. The second-order valence-electron chi connectivity index (χ2n) is 4.35. The van der Waals surface area contributed by atoms with Crippen molar-refractivity contribution < 1.29 is 18.1 Å². The Morgan fingerprint density at radius 3 is 2.75 bits per heavy atom. The highest BCUT2D eigenvalue weighted by atomic mass is 32.2. The summed E-state index contributed by atoms with van der Waals surface area (Å²) in [5.41, 5.74) is 5.00. The van der Waals surface area contributed by atoms with Crippen molar-refractivity contribution in [1.29, 1.82) is 0 Å². The number of nitro groups is 1. The normalized spacial score (nSPS) is 17.6. The van der Waals surface area contributed by atoms with Crippen LogP contribution in [-0.2, 0) is 14.8 Å². The summed E-state index contributed by atoms with van der Waals surface area (Å²) in [6.07, 6.45) is 0.594. The van der Waals surface area contributed by atoms with Crippen LogP contribution in [0, 0.1) is 10.1 Å². The molecule has 0 unspecified atom stereocenters. The number of sulfonamides is 1. The Morgan fingerprint density at radius 1 is 1.30 bits per heavy atom. The third-order valence-electron chi connectivity index (χ3n) is 3.02. The molecule has 8 nitrogen and oxygen atoms in total. The van der Waals surface area contributed by atoms with Crippen LogP contribution in [0.3, 0.4) is 0 Å². The van der Waals surface area contributed by atoms with E-state index in [9.17, 15) is 18.5 Å². The molecule has 0 saturated carbocycles. The summed E-state index contributed by atoms with van der Waals surface area (Å²) in [5, 5.41) is 10.8. The molecule has 0 bridgehead atoms. The molecule has 2 rings (SSSR count). The lowest BCUT2D eigenvalue weighted by Crippen LogP contribution is -2.33. The van der Waals surface area contributed by atoms with Crippen LogP contribution in [0.2, 0.25) is 0 Å². The number of anilines is 1. The van der Waals surface area contributed by atoms with Crippen LogP contribution in [0.5, 0.6) is 0 Å². The smallest absolute Gasteiger partial charge is 0.293 e. The molecule has 1 heterocycles. The highest BCUT2D eigenvalue weighted by Gasteiger charge is 2.27. The maximum Gasteiger partial charge on any atom is 0.293 e. The van der Waals surface area contributed by atoms with Crippen molar-refractivity contribution >= 4 is 21.4 Å². The summed E-state index contributed by atoms with van der Waals surface area (Å²) in [5.74, 6) is 0. The van der Waals surface area contributed by atoms with E-state index in [0.29, 0.717) is 26.2 Å². The van der Waals surface area contributed by atoms with E-state index in [1.807, 2.05) is 0 Å². The van der Waals surface area contributed by atoms with Gasteiger partial charge in [-0.25, -0.2) is 8.42 Å². The van der Waals surface area contributed by atoms with Crippen molar-refractivity contribution in [2.45, 2.75) is 11.3 Å². The quantitative estimate of drug-likeness (QED) is 0.496. The first-order chi connectivity index (χ1) is 9.43. The standard InChI is InChI=1S/C11H15N3O5S/c12-10-3-2-9(8-11(10)14(15)16)20(17,18)13-4-1-6-19-7-5-13/h2-3,8H,1,4-7,12H2. The fraction of sp³-hybridized carbons (Fsp3) is 0.455. The van der Waals surface area contributed by atoms with Gasteiger partial charge in [0.2, 0.25) is 10.0 Å². The molecule has 1 aromatic rings. The zero-order chi connectivity index (χ0) is 14.8. The third-order valence-corrected chi connectivity index (χ3v) is 4.91. The van der Waals surface area contributed by atoms with Crippen molar-refractivity contribution in [3.63, 3.8) is 0 Å². The maximum absolute atomic E-state index is 12.4. The van der Waals surface area contributed by atoms with E-state index in [4.69, 9.17) is 10.5 Å². The van der Waals surface area contributed by atoms with Crippen molar-refractivity contribution in [3.8, 4) is 0 Å². The predicted molar refractivity (Wildman–Crippen MR) is 71.7 cm³/mol. The van der Waals surface area contributed by atoms with Gasteiger partial charge in [-0.15, -0.1) is 0 Å². The number of hydrogen-bond donors (Lipinski definition) is 1. The molecule has 0 radical (unpaired) electrons. The number of hydrogen-bond acceptors (Lipinski definition) is 6. The molecule has 0 atom stereocenters. The molecule has 0 spiro atoms. The van der Waals surface area contributed by atoms with Crippen LogP contribution in [0.25, 0.3) is 0 Å². The second-order valence-corrected chi connectivity index (χ2v) is 6.29. The van der Waals surface area contributed by atoms with Crippen LogP contribution in [0.15, 0.2) is 23.1 Å². The van der Waals surface area contributed by atoms with E-state index in [2.05, 4.69) is 0 Å². The lowest BCUT2D eigenvalue weighted by molar-refractivity contribution is -0.384. The highest BCUT2D eigenvalue weighted by molar-refractivity contribution is 7.89. The Kier molecular flexibility index (Phi) is 4.21. The summed E-state index contributed by atoms with van der Waals surface area (Å²) in [6.45, 7) is 1.39. The van der Waals surface area contributed by atoms with Gasteiger partial charge in [-0.1, -0.05) is 0 Å². The van der Waals surface area contributed by atoms with Gasteiger partial charge in [-0.05, 0) is 18.6 Å². The fourth-order valence-corrected chi connectivity index (χ4v) is 3.44. The zero-order valence-corrected chi connectivity index (χ0v) is 11.5. The molecule has 1 aliphatic rings. The molecule has 1 fully saturated rings. The molecule has 0 aromatic heterocycles. The molecule has 1 saturated heterocycles. The van der Waals surface area contributed by atoms with Crippen LogP contribution in [0.4, 0.5) is 11.4 Å². The van der Waals surface area contributed by atoms with Gasteiger partial charge >= 0.3 is 0 Å². The largest absolute Gasteiger partial charge is 0.393 e. The fourth-order valence-electron chi connectivity index (χ4n) is 1.95. The molecule has 20 heavy (non-hydrogen) atoms. The molecule has 110 valence electrons. The minimum absolute atomic E-state index is 0.0619. The van der Waals surface area contributed by atoms with E-state index >= 15 is 0 Å². The van der Waals surface area contributed by atoms with E-state index in [0.717, 1.165) is 6.07 Å². The van der Waals surface area contributed by atoms with Crippen LogP contribution in [0.1, 0.15) is 6.42 Å². The molecule has 9 heteroatoms. The average Bonchev–Trinajstić information content (AvgIpc) is 2.67. The van der Waals surface area contributed by atoms with Crippen molar-refractivity contribution in [3.05, 3.63) is 28.3 Å². The number of nitrogens with zero attached hydrogens (tertiary/aromatic N) is 2. The van der Waals surface area contributed by atoms with E-state index in [1.165, 1.54) is 16.4 Å². The minimum Gasteiger partial charge on any atom is -0.393 e. The third kappa shape index (κ3) is 2.89. The van der Waals surface area contributed by atoms with Crippen molar-refractivity contribution in [2.75, 3.05) is 32.0 Å². The monoisotopic (exact) mass is 301 g/mol. The van der Waals surface area contributed by atoms with Crippen LogP contribution >= 0.6 is 0 Å². The molecule has 1 aliphatic heterocycles. The zero-order valence-electron chi connectivity index (χ0n) is 10.7. The van der Waals surface area contributed by atoms with E-state index < -0.39 is 20.6 Å². The van der Waals surface area contributed by atoms with Gasteiger partial charge in [-0.2, -0.15) is 4.31 Å². The van der Waals surface area contributed by atoms with E-state index in [1.54, 1.807) is 0 Å². The molecular weight excluding hydrogens is 286 g/mol. The van der Waals surface area contributed by atoms with Crippen LogP contribution in [-0.4, -0.2) is 43.9 Å². The van der Waals surface area contributed by atoms with Crippen molar-refractivity contribution in [2.24, 2.45) is 0 Å². The molecule has 0 amide bonds. The SMILES string of the molecule is Nc1ccc(S(=O)(=O)N2CCCOCC2)cc1[N+](=O)[O-]. The first kappa shape index (κ1) is 14.7. The van der Waals surface area contributed by atoms with Gasteiger partial charge in [0.15, 0.2) is 0 Å². The summed E-state index contributed by atoms with van der Waals surface area (Å²) < 4.78 is 31.3. The number of benzene rings is 1. The Hall–Kier alpha value is -1.71. The molecule has 0 aliphatic carbocycles. The van der Waals surface area contributed by atoms with Crippen LogP contribution < -0.4 is 5.73 Å². The summed E-state index contributed by atoms with van der Waals surface area (Å²) in [7, 11) is -3.76. The topological polar surface area (TPSA) is 116 Å². The lowest BCUT2D eigenvalue weighted by Gasteiger charge is -2.19. The number of nitrogens with two attached hydrogens (primary N) is 1. The van der Waals surface area contributed by atoms with Gasteiger partial charge in [0.05, 0.1) is 16.4 Å². The van der Waals surface area contributed by atoms with Gasteiger partial charge in [0, 0.05) is 25.8 Å². The molecular formula is C11H15N3O5S. The lowest BCUT2D eigenvalue weighted by atomic mass is 10.3. The van der Waals surface area contributed by atoms with Gasteiger partial charge in [-0.3, -0.25) is 10.1 Å². The molecule has 2 N–H and O–H groups in total. The summed E-state index contributed by atoms with van der Waals surface area (Å²) in [6, 6.07) is 3.51. The van der Waals surface area contributed by atoms with Gasteiger partial charge < -0.3 is 10.5 Å². The minimum atomic E-state index is -3.76. The average molecular weight is 301 g/mol. The predicted octanol–water partition coefficient (Wildman–Crippen LogP) is 0.588. The first-order valence-electron chi connectivity index (χ1n) is 6.05. The first-order valence-corrected chi connectivity index (χ1v) is 7.49. The summed E-state index contributed by atoms with van der Waals surface area (Å²) in [4.78, 5) is 10.0. The Bertz CT molecular complexity index is 608.